The van der Waals surface area contributed by atoms with Crippen LogP contribution in [-0.2, 0) is 0 Å². The Kier molecular flexibility index (Phi) is 2.20. The number of hydrogen-bond acceptors (Lipinski definition) is 2. The van der Waals surface area contributed by atoms with Gasteiger partial charge in [-0.15, -0.1) is 11.8 Å². The van der Waals surface area contributed by atoms with Gasteiger partial charge in [-0.25, -0.2) is 0 Å². The van der Waals surface area contributed by atoms with Gasteiger partial charge < -0.3 is 0 Å². The minimum Gasteiger partial charge on any atom is -0.291 e. The summed E-state index contributed by atoms with van der Waals surface area (Å²) in [6.45, 7) is 7.01. The number of nitrogens with zero attached hydrogens (tertiary/aromatic N) is 1. The second-order valence-electron chi connectivity index (χ2n) is 2.10. The maximum Gasteiger partial charge on any atom is 0.0529 e. The van der Waals surface area contributed by atoms with E-state index >= 15 is 0 Å². The molecule has 0 bridgehead atoms. The summed E-state index contributed by atoms with van der Waals surface area (Å²) in [5.41, 5.74) is 0. The molecule has 1 unspecified atom stereocenters. The van der Waals surface area contributed by atoms with E-state index in [1.165, 1.54) is 18.8 Å². The van der Waals surface area contributed by atoms with Crippen LogP contribution in [0.15, 0.2) is 0 Å². The molecule has 0 amide bonds. The van der Waals surface area contributed by atoms with Gasteiger partial charge in [0, 0.05) is 12.3 Å². The first-order chi connectivity index (χ1) is 3.84. The van der Waals surface area contributed by atoms with Crippen LogP contribution in [0.3, 0.4) is 0 Å². The predicted molar refractivity (Wildman–Crippen MR) is 39.2 cm³/mol. The molecule has 2 heteroatoms. The lowest BCUT2D eigenvalue weighted by Crippen LogP contribution is -2.25. The van der Waals surface area contributed by atoms with Crippen molar-refractivity contribution in [2.75, 3.05) is 18.8 Å². The standard InChI is InChI=1S/C6H13NS/c1-3-7-4-5-8-6(7)2/h6H,3-5H2,1-2H3. The average Bonchev–Trinajstić information content (AvgIpc) is 2.14. The molecule has 48 valence electrons. The Hall–Kier alpha value is 0.310. The fraction of sp³-hybridized carbons (Fsp3) is 1.00. The van der Waals surface area contributed by atoms with E-state index in [9.17, 15) is 0 Å². The highest BCUT2D eigenvalue weighted by Crippen LogP contribution is 2.21. The van der Waals surface area contributed by atoms with Crippen LogP contribution in [0.5, 0.6) is 0 Å². The van der Waals surface area contributed by atoms with Crippen LogP contribution in [0.25, 0.3) is 0 Å². The molecule has 0 radical (unpaired) electrons. The van der Waals surface area contributed by atoms with Crippen LogP contribution in [0, 0.1) is 0 Å². The highest BCUT2D eigenvalue weighted by molar-refractivity contribution is 8.00. The summed E-state index contributed by atoms with van der Waals surface area (Å²) in [7, 11) is 0. The fourth-order valence-corrected chi connectivity index (χ4v) is 2.19. The first-order valence-electron chi connectivity index (χ1n) is 3.20. The summed E-state index contributed by atoms with van der Waals surface area (Å²) >= 11 is 2.06. The van der Waals surface area contributed by atoms with E-state index in [2.05, 4.69) is 30.5 Å². The van der Waals surface area contributed by atoms with Gasteiger partial charge in [-0.1, -0.05) is 6.92 Å². The maximum atomic E-state index is 2.49. The lowest BCUT2D eigenvalue weighted by atomic mass is 10.5. The third-order valence-corrected chi connectivity index (χ3v) is 2.86. The lowest BCUT2D eigenvalue weighted by Gasteiger charge is -2.16. The van der Waals surface area contributed by atoms with Crippen LogP contribution in [-0.4, -0.2) is 29.1 Å². The first kappa shape index (κ1) is 6.43. The van der Waals surface area contributed by atoms with Crippen molar-refractivity contribution in [3.8, 4) is 0 Å². The van der Waals surface area contributed by atoms with Gasteiger partial charge in [0.2, 0.25) is 0 Å². The molecule has 8 heavy (non-hydrogen) atoms. The molecule has 1 heterocycles. The van der Waals surface area contributed by atoms with Crippen LogP contribution in [0.2, 0.25) is 0 Å². The zero-order chi connectivity index (χ0) is 5.98. The molecule has 1 saturated heterocycles. The molecule has 0 aromatic heterocycles. The van der Waals surface area contributed by atoms with Crippen molar-refractivity contribution in [2.24, 2.45) is 0 Å². The lowest BCUT2D eigenvalue weighted by molar-refractivity contribution is 0.316. The number of thioether (sulfide) groups is 1. The molecule has 0 aliphatic carbocycles. The minimum atomic E-state index is 0.778. The van der Waals surface area contributed by atoms with Gasteiger partial charge in [-0.3, -0.25) is 4.90 Å². The molecule has 0 N–H and O–H groups in total. The third kappa shape index (κ3) is 1.17. The molecule has 0 saturated carbocycles. The van der Waals surface area contributed by atoms with Gasteiger partial charge in [0.1, 0.15) is 0 Å². The molecule has 1 aliphatic rings. The van der Waals surface area contributed by atoms with Gasteiger partial charge in [0.25, 0.3) is 0 Å². The van der Waals surface area contributed by atoms with E-state index in [-0.39, 0.29) is 0 Å². The summed E-state index contributed by atoms with van der Waals surface area (Å²) < 4.78 is 0. The molecule has 1 atom stereocenters. The second kappa shape index (κ2) is 2.74. The van der Waals surface area contributed by atoms with E-state index in [0.29, 0.717) is 0 Å². The molecule has 1 aliphatic heterocycles. The predicted octanol–water partition coefficient (Wildman–Crippen LogP) is 1.40. The van der Waals surface area contributed by atoms with Crippen LogP contribution >= 0.6 is 11.8 Å². The van der Waals surface area contributed by atoms with Gasteiger partial charge in [0.05, 0.1) is 5.37 Å². The average molecular weight is 131 g/mol. The van der Waals surface area contributed by atoms with Crippen molar-refractivity contribution >= 4 is 11.8 Å². The Morgan fingerprint density at radius 1 is 1.75 bits per heavy atom. The summed E-state index contributed by atoms with van der Waals surface area (Å²) in [4.78, 5) is 2.49. The number of rotatable bonds is 1. The van der Waals surface area contributed by atoms with Gasteiger partial charge in [0.15, 0.2) is 0 Å². The largest absolute Gasteiger partial charge is 0.291 e. The minimum absolute atomic E-state index is 0.778. The van der Waals surface area contributed by atoms with Crippen LogP contribution in [0.4, 0.5) is 0 Å². The topological polar surface area (TPSA) is 3.24 Å². The van der Waals surface area contributed by atoms with Gasteiger partial charge in [-0.2, -0.15) is 0 Å². The molecule has 0 spiro atoms. The van der Waals surface area contributed by atoms with E-state index in [0.717, 1.165) is 5.37 Å². The Morgan fingerprint density at radius 3 is 2.75 bits per heavy atom. The zero-order valence-electron chi connectivity index (χ0n) is 5.55. The van der Waals surface area contributed by atoms with E-state index in [4.69, 9.17) is 0 Å². The Labute approximate surface area is 55.4 Å². The number of hydrogen-bond donors (Lipinski definition) is 0. The SMILES string of the molecule is CCN1CCSC1C. The van der Waals surface area contributed by atoms with Crippen molar-refractivity contribution in [1.82, 2.24) is 4.90 Å². The molecule has 1 fully saturated rings. The van der Waals surface area contributed by atoms with E-state index in [1.54, 1.807) is 0 Å². The third-order valence-electron chi connectivity index (χ3n) is 1.66. The molecular weight excluding hydrogens is 118 g/mol. The van der Waals surface area contributed by atoms with Crippen molar-refractivity contribution in [3.05, 3.63) is 0 Å². The monoisotopic (exact) mass is 131 g/mol. The highest BCUT2D eigenvalue weighted by atomic mass is 32.2. The van der Waals surface area contributed by atoms with Crippen LogP contribution < -0.4 is 0 Å². The summed E-state index contributed by atoms with van der Waals surface area (Å²) in [5.74, 6) is 1.33. The van der Waals surface area contributed by atoms with Crippen molar-refractivity contribution in [1.29, 1.82) is 0 Å². The molecule has 1 nitrogen and oxygen atoms in total. The molecule has 0 aromatic carbocycles. The fourth-order valence-electron chi connectivity index (χ4n) is 1.04. The quantitative estimate of drug-likeness (QED) is 0.529. The van der Waals surface area contributed by atoms with E-state index < -0.39 is 0 Å². The zero-order valence-corrected chi connectivity index (χ0v) is 6.37. The molecule has 0 aromatic rings. The Balaban J connectivity index is 2.30. The van der Waals surface area contributed by atoms with Crippen molar-refractivity contribution in [2.45, 2.75) is 19.2 Å². The first-order valence-corrected chi connectivity index (χ1v) is 4.25. The van der Waals surface area contributed by atoms with Crippen molar-refractivity contribution in [3.63, 3.8) is 0 Å². The molecule has 1 rings (SSSR count). The highest BCUT2D eigenvalue weighted by Gasteiger charge is 2.17. The normalized spacial score (nSPS) is 31.5. The van der Waals surface area contributed by atoms with Gasteiger partial charge >= 0.3 is 0 Å². The summed E-state index contributed by atoms with van der Waals surface area (Å²) in [6.07, 6.45) is 0. The van der Waals surface area contributed by atoms with Gasteiger partial charge in [-0.05, 0) is 13.5 Å². The second-order valence-corrected chi connectivity index (χ2v) is 3.52. The smallest absolute Gasteiger partial charge is 0.0529 e. The Morgan fingerprint density at radius 2 is 2.50 bits per heavy atom. The van der Waals surface area contributed by atoms with Crippen molar-refractivity contribution < 1.29 is 0 Å². The maximum absolute atomic E-state index is 2.49. The van der Waals surface area contributed by atoms with Crippen LogP contribution in [0.1, 0.15) is 13.8 Å². The molecular formula is C6H13NS. The Bertz CT molecular complexity index is 74.9. The summed E-state index contributed by atoms with van der Waals surface area (Å²) in [6, 6.07) is 0. The van der Waals surface area contributed by atoms with E-state index in [1.807, 2.05) is 0 Å². The summed E-state index contributed by atoms with van der Waals surface area (Å²) in [5, 5.41) is 0.778.